The van der Waals surface area contributed by atoms with Gasteiger partial charge in [-0.25, -0.2) is 4.98 Å². The number of imidazole rings is 1. The summed E-state index contributed by atoms with van der Waals surface area (Å²) >= 11 is 0. The third kappa shape index (κ3) is 1.81. The van der Waals surface area contributed by atoms with Crippen LogP contribution in [0.15, 0.2) is 12.4 Å². The number of aromatic nitrogens is 2. The predicted octanol–water partition coefficient (Wildman–Crippen LogP) is 0.596. The van der Waals surface area contributed by atoms with Crippen LogP contribution in [0.4, 0.5) is 0 Å². The molecule has 0 saturated carbocycles. The van der Waals surface area contributed by atoms with Crippen molar-refractivity contribution >= 4 is 0 Å². The Morgan fingerprint density at radius 3 is 3.07 bits per heavy atom. The molecule has 0 bridgehead atoms. The van der Waals surface area contributed by atoms with E-state index in [4.69, 9.17) is 0 Å². The Hall–Kier alpha value is -0.870. The monoisotopic (exact) mass is 195 g/mol. The molecule has 2 unspecified atom stereocenters. The van der Waals surface area contributed by atoms with Gasteiger partial charge in [0.25, 0.3) is 0 Å². The van der Waals surface area contributed by atoms with E-state index in [1.54, 1.807) is 6.20 Å². The summed E-state index contributed by atoms with van der Waals surface area (Å²) < 4.78 is 1.88. The van der Waals surface area contributed by atoms with Gasteiger partial charge in [-0.1, -0.05) is 6.42 Å². The molecule has 1 aromatic rings. The lowest BCUT2D eigenvalue weighted by atomic mass is 9.99. The molecule has 0 amide bonds. The summed E-state index contributed by atoms with van der Waals surface area (Å²) in [5.74, 6) is 0.754. The number of nitrogens with zero attached hydrogens (tertiary/aromatic N) is 2. The van der Waals surface area contributed by atoms with E-state index in [9.17, 15) is 5.11 Å². The highest BCUT2D eigenvalue weighted by Crippen LogP contribution is 2.20. The second-order valence-corrected chi connectivity index (χ2v) is 3.90. The first-order valence-electron chi connectivity index (χ1n) is 5.17. The zero-order chi connectivity index (χ0) is 9.97. The fourth-order valence-corrected chi connectivity index (χ4v) is 1.99. The number of hydrogen-bond donors (Lipinski definition) is 2. The molecule has 1 aromatic heterocycles. The fraction of sp³-hybridized carbons (Fsp3) is 0.700. The molecule has 2 rings (SSSR count). The molecule has 2 heterocycles. The third-order valence-corrected chi connectivity index (χ3v) is 2.85. The van der Waals surface area contributed by atoms with Crippen LogP contribution in [0.1, 0.15) is 31.2 Å². The summed E-state index contributed by atoms with van der Waals surface area (Å²) in [6.45, 7) is 1.01. The van der Waals surface area contributed by atoms with Gasteiger partial charge in [-0.15, -0.1) is 0 Å². The average Bonchev–Trinajstić information content (AvgIpc) is 2.65. The van der Waals surface area contributed by atoms with Gasteiger partial charge in [0.15, 0.2) is 0 Å². The van der Waals surface area contributed by atoms with Crippen LogP contribution in [0.25, 0.3) is 0 Å². The minimum absolute atomic E-state index is 0.171. The van der Waals surface area contributed by atoms with Crippen LogP contribution in [-0.4, -0.2) is 27.2 Å². The fourth-order valence-electron chi connectivity index (χ4n) is 1.99. The Balaban J connectivity index is 2.07. The molecule has 1 saturated heterocycles. The quantitative estimate of drug-likeness (QED) is 0.726. The van der Waals surface area contributed by atoms with Gasteiger partial charge in [0.2, 0.25) is 0 Å². The molecular weight excluding hydrogens is 178 g/mol. The maximum Gasteiger partial charge on any atom is 0.138 e. The van der Waals surface area contributed by atoms with Crippen molar-refractivity contribution in [2.75, 3.05) is 6.54 Å². The van der Waals surface area contributed by atoms with Gasteiger partial charge < -0.3 is 15.0 Å². The van der Waals surface area contributed by atoms with Crippen molar-refractivity contribution in [1.29, 1.82) is 0 Å². The molecule has 0 aliphatic carbocycles. The van der Waals surface area contributed by atoms with Crippen LogP contribution >= 0.6 is 0 Å². The van der Waals surface area contributed by atoms with Crippen molar-refractivity contribution in [3.05, 3.63) is 18.2 Å². The van der Waals surface area contributed by atoms with Gasteiger partial charge in [-0.3, -0.25) is 0 Å². The third-order valence-electron chi connectivity index (χ3n) is 2.85. The van der Waals surface area contributed by atoms with E-state index in [1.165, 1.54) is 12.8 Å². The lowest BCUT2D eigenvalue weighted by Gasteiger charge is -2.27. The van der Waals surface area contributed by atoms with Crippen LogP contribution in [0, 0.1) is 0 Å². The Morgan fingerprint density at radius 1 is 1.64 bits per heavy atom. The highest BCUT2D eigenvalue weighted by Gasteiger charge is 2.24. The lowest BCUT2D eigenvalue weighted by molar-refractivity contribution is 0.103. The van der Waals surface area contributed by atoms with Gasteiger partial charge in [-0.2, -0.15) is 0 Å². The minimum Gasteiger partial charge on any atom is -0.384 e. The molecule has 2 atom stereocenters. The number of aliphatic hydroxyl groups is 1. The summed E-state index contributed by atoms with van der Waals surface area (Å²) in [7, 11) is 1.91. The number of hydrogen-bond acceptors (Lipinski definition) is 3. The van der Waals surface area contributed by atoms with Crippen molar-refractivity contribution in [2.45, 2.75) is 31.4 Å². The largest absolute Gasteiger partial charge is 0.384 e. The summed E-state index contributed by atoms with van der Waals surface area (Å²) in [6.07, 6.45) is 6.55. The van der Waals surface area contributed by atoms with Crippen molar-refractivity contribution in [3.8, 4) is 0 Å². The summed E-state index contributed by atoms with van der Waals surface area (Å²) in [5.41, 5.74) is 0. The zero-order valence-corrected chi connectivity index (χ0v) is 8.48. The van der Waals surface area contributed by atoms with Crippen molar-refractivity contribution in [3.63, 3.8) is 0 Å². The van der Waals surface area contributed by atoms with E-state index >= 15 is 0 Å². The number of nitrogens with one attached hydrogen (secondary N) is 1. The number of aryl methyl sites for hydroxylation is 1. The van der Waals surface area contributed by atoms with E-state index in [0.29, 0.717) is 0 Å². The summed E-state index contributed by atoms with van der Waals surface area (Å²) in [4.78, 5) is 4.16. The molecule has 1 fully saturated rings. The number of piperidine rings is 1. The van der Waals surface area contributed by atoms with Crippen LogP contribution in [-0.2, 0) is 7.05 Å². The zero-order valence-electron chi connectivity index (χ0n) is 8.48. The van der Waals surface area contributed by atoms with Gasteiger partial charge >= 0.3 is 0 Å². The summed E-state index contributed by atoms with van der Waals surface area (Å²) in [6, 6.07) is 0.171. The molecular formula is C10H17N3O. The van der Waals surface area contributed by atoms with E-state index in [1.807, 2.05) is 17.8 Å². The lowest BCUT2D eigenvalue weighted by Crippen LogP contribution is -2.39. The topological polar surface area (TPSA) is 50.1 Å². The molecule has 14 heavy (non-hydrogen) atoms. The molecule has 1 aliphatic rings. The number of aliphatic hydroxyl groups excluding tert-OH is 1. The Bertz CT molecular complexity index is 291. The molecule has 0 radical (unpaired) electrons. The average molecular weight is 195 g/mol. The van der Waals surface area contributed by atoms with Crippen molar-refractivity contribution in [1.82, 2.24) is 14.9 Å². The smallest absolute Gasteiger partial charge is 0.138 e. The van der Waals surface area contributed by atoms with Crippen LogP contribution in [0.5, 0.6) is 0 Å². The van der Waals surface area contributed by atoms with Crippen LogP contribution in [0.3, 0.4) is 0 Å². The maximum atomic E-state index is 10.1. The molecule has 0 spiro atoms. The van der Waals surface area contributed by atoms with Crippen LogP contribution in [0.2, 0.25) is 0 Å². The van der Waals surface area contributed by atoms with Gasteiger partial charge in [0.1, 0.15) is 11.9 Å². The van der Waals surface area contributed by atoms with Crippen LogP contribution < -0.4 is 5.32 Å². The SMILES string of the molecule is Cn1ccnc1C(O)C1CCCCN1. The number of rotatable bonds is 2. The maximum absolute atomic E-state index is 10.1. The second-order valence-electron chi connectivity index (χ2n) is 3.90. The second kappa shape index (κ2) is 4.11. The van der Waals surface area contributed by atoms with Crippen molar-refractivity contribution < 1.29 is 5.11 Å². The van der Waals surface area contributed by atoms with E-state index in [0.717, 1.165) is 18.8 Å². The van der Waals surface area contributed by atoms with Gasteiger partial charge in [0, 0.05) is 25.5 Å². The van der Waals surface area contributed by atoms with E-state index in [2.05, 4.69) is 10.3 Å². The molecule has 4 heteroatoms. The normalized spacial score (nSPS) is 24.9. The Kier molecular flexibility index (Phi) is 2.84. The van der Waals surface area contributed by atoms with E-state index < -0.39 is 6.10 Å². The first kappa shape index (κ1) is 9.68. The highest BCUT2D eigenvalue weighted by molar-refractivity contribution is 5.00. The summed E-state index contributed by atoms with van der Waals surface area (Å²) in [5, 5.41) is 13.4. The van der Waals surface area contributed by atoms with Gasteiger partial charge in [0.05, 0.1) is 0 Å². The van der Waals surface area contributed by atoms with Gasteiger partial charge in [-0.05, 0) is 19.4 Å². The van der Waals surface area contributed by atoms with E-state index in [-0.39, 0.29) is 6.04 Å². The minimum atomic E-state index is -0.477. The molecule has 0 aromatic carbocycles. The molecule has 78 valence electrons. The molecule has 4 nitrogen and oxygen atoms in total. The first-order chi connectivity index (χ1) is 6.79. The highest BCUT2D eigenvalue weighted by atomic mass is 16.3. The standard InChI is InChI=1S/C10H17N3O/c1-13-7-6-12-10(13)9(14)8-4-2-3-5-11-8/h6-9,11,14H,2-5H2,1H3. The predicted molar refractivity (Wildman–Crippen MR) is 53.8 cm³/mol. The molecule has 2 N–H and O–H groups in total. The molecule has 1 aliphatic heterocycles. The Morgan fingerprint density at radius 2 is 2.50 bits per heavy atom. The van der Waals surface area contributed by atoms with Crippen molar-refractivity contribution in [2.24, 2.45) is 7.05 Å². The first-order valence-corrected chi connectivity index (χ1v) is 5.17. The Labute approximate surface area is 84.0 Å².